The summed E-state index contributed by atoms with van der Waals surface area (Å²) in [5.74, 6) is 0.00359. The van der Waals surface area contributed by atoms with Crippen LogP contribution >= 0.6 is 0 Å². The van der Waals surface area contributed by atoms with Gasteiger partial charge >= 0.3 is 0 Å². The van der Waals surface area contributed by atoms with Crippen LogP contribution in [-0.2, 0) is 15.8 Å². The van der Waals surface area contributed by atoms with Crippen LogP contribution in [0, 0.1) is 6.92 Å². The Morgan fingerprint density at radius 1 is 1.04 bits per heavy atom. The highest BCUT2D eigenvalue weighted by atomic mass is 32.2. The van der Waals surface area contributed by atoms with Crippen molar-refractivity contribution in [3.8, 4) is 0 Å². The molecule has 0 saturated heterocycles. The van der Waals surface area contributed by atoms with Crippen LogP contribution in [0.3, 0.4) is 0 Å². The fourth-order valence-electron chi connectivity index (χ4n) is 2.55. The lowest BCUT2D eigenvalue weighted by atomic mass is 10.1. The quantitative estimate of drug-likeness (QED) is 0.848. The molecule has 0 radical (unpaired) electrons. The summed E-state index contributed by atoms with van der Waals surface area (Å²) in [6.45, 7) is 2.31. The molecule has 0 aliphatic heterocycles. The molecule has 0 aromatic heterocycles. The summed E-state index contributed by atoms with van der Waals surface area (Å²) in [4.78, 5) is 2.02. The van der Waals surface area contributed by atoms with Gasteiger partial charge in [-0.25, -0.2) is 13.1 Å². The standard InChI is InChI=1S/C18H24N2O2S/c1-15-8-7-9-16(12-15)14-23(21,22)19-13-18(20(2)3)17-10-5-4-6-11-17/h4-12,18-19H,13-14H2,1-3H3/t18-/m1/s1. The molecule has 2 aromatic rings. The van der Waals surface area contributed by atoms with Gasteiger partial charge in [-0.2, -0.15) is 0 Å². The van der Waals surface area contributed by atoms with Crippen LogP contribution in [0.2, 0.25) is 0 Å². The molecule has 0 unspecified atom stereocenters. The fraction of sp³-hybridized carbons (Fsp3) is 0.333. The number of nitrogens with zero attached hydrogens (tertiary/aromatic N) is 1. The first-order chi connectivity index (χ1) is 10.9. The van der Waals surface area contributed by atoms with Gasteiger partial charge < -0.3 is 4.90 Å². The monoisotopic (exact) mass is 332 g/mol. The first-order valence-corrected chi connectivity index (χ1v) is 9.27. The molecule has 0 heterocycles. The van der Waals surface area contributed by atoms with Gasteiger partial charge in [0.05, 0.1) is 5.75 Å². The summed E-state index contributed by atoms with van der Waals surface area (Å²) in [5, 5.41) is 0. The van der Waals surface area contributed by atoms with E-state index in [1.807, 2.05) is 80.5 Å². The minimum Gasteiger partial charge on any atom is -0.301 e. The highest BCUT2D eigenvalue weighted by Crippen LogP contribution is 2.17. The topological polar surface area (TPSA) is 49.4 Å². The SMILES string of the molecule is Cc1cccc(CS(=O)(=O)NC[C@H](c2ccccc2)N(C)C)c1. The van der Waals surface area contributed by atoms with Gasteiger partial charge in [0, 0.05) is 12.6 Å². The minimum absolute atomic E-state index is 0.00323. The molecule has 1 N–H and O–H groups in total. The van der Waals surface area contributed by atoms with E-state index in [0.29, 0.717) is 6.54 Å². The van der Waals surface area contributed by atoms with Crippen molar-refractivity contribution < 1.29 is 8.42 Å². The summed E-state index contributed by atoms with van der Waals surface area (Å²) in [6.07, 6.45) is 0. The Balaban J connectivity index is 2.05. The molecule has 0 amide bonds. The number of benzene rings is 2. The van der Waals surface area contributed by atoms with Crippen molar-refractivity contribution in [2.75, 3.05) is 20.6 Å². The van der Waals surface area contributed by atoms with Gasteiger partial charge in [-0.15, -0.1) is 0 Å². The minimum atomic E-state index is -3.36. The van der Waals surface area contributed by atoms with Gasteiger partial charge in [-0.05, 0) is 32.1 Å². The number of rotatable bonds is 7. The molecular formula is C18H24N2O2S. The fourth-order valence-corrected chi connectivity index (χ4v) is 3.68. The van der Waals surface area contributed by atoms with Crippen molar-refractivity contribution in [1.82, 2.24) is 9.62 Å². The molecule has 0 spiro atoms. The largest absolute Gasteiger partial charge is 0.301 e. The number of likely N-dealkylation sites (N-methyl/N-ethyl adjacent to an activating group) is 1. The number of sulfonamides is 1. The highest BCUT2D eigenvalue weighted by molar-refractivity contribution is 7.88. The Bertz CT molecular complexity index is 728. The van der Waals surface area contributed by atoms with Crippen molar-refractivity contribution >= 4 is 10.0 Å². The molecule has 0 saturated carbocycles. The Hall–Kier alpha value is -1.69. The second-order valence-electron chi connectivity index (χ2n) is 5.99. The van der Waals surface area contributed by atoms with E-state index < -0.39 is 10.0 Å². The molecule has 1 atom stereocenters. The summed E-state index contributed by atoms with van der Waals surface area (Å²) in [6, 6.07) is 17.5. The van der Waals surface area contributed by atoms with Crippen molar-refractivity contribution in [2.24, 2.45) is 0 Å². The van der Waals surface area contributed by atoms with Crippen LogP contribution in [0.5, 0.6) is 0 Å². The molecule has 2 aromatic carbocycles. The summed E-state index contributed by atoms with van der Waals surface area (Å²) < 4.78 is 27.4. The van der Waals surface area contributed by atoms with Gasteiger partial charge in [0.15, 0.2) is 0 Å². The summed E-state index contributed by atoms with van der Waals surface area (Å²) >= 11 is 0. The van der Waals surface area contributed by atoms with E-state index in [1.165, 1.54) is 0 Å². The van der Waals surface area contributed by atoms with Crippen LogP contribution in [-0.4, -0.2) is 34.0 Å². The lowest BCUT2D eigenvalue weighted by Gasteiger charge is -2.25. The third-order valence-electron chi connectivity index (χ3n) is 3.74. The number of hydrogen-bond donors (Lipinski definition) is 1. The average Bonchev–Trinajstić information content (AvgIpc) is 2.47. The van der Waals surface area contributed by atoms with Crippen molar-refractivity contribution in [1.29, 1.82) is 0 Å². The van der Waals surface area contributed by atoms with Gasteiger partial charge in [-0.1, -0.05) is 60.2 Å². The molecule has 0 aliphatic carbocycles. The molecular weight excluding hydrogens is 308 g/mol. The third-order valence-corrected chi connectivity index (χ3v) is 5.06. The van der Waals surface area contributed by atoms with E-state index in [0.717, 1.165) is 16.7 Å². The number of nitrogens with one attached hydrogen (secondary N) is 1. The molecule has 5 heteroatoms. The molecule has 124 valence electrons. The summed E-state index contributed by atoms with van der Waals surface area (Å²) in [7, 11) is 0.537. The molecule has 0 bridgehead atoms. The highest BCUT2D eigenvalue weighted by Gasteiger charge is 2.18. The van der Waals surface area contributed by atoms with Crippen LogP contribution in [0.1, 0.15) is 22.7 Å². The first-order valence-electron chi connectivity index (χ1n) is 7.61. The molecule has 0 aliphatic rings. The average molecular weight is 332 g/mol. The Morgan fingerprint density at radius 2 is 1.74 bits per heavy atom. The van der Waals surface area contributed by atoms with E-state index >= 15 is 0 Å². The van der Waals surface area contributed by atoms with Crippen LogP contribution in [0.15, 0.2) is 54.6 Å². The maximum atomic E-state index is 12.3. The lowest BCUT2D eigenvalue weighted by molar-refractivity contribution is 0.299. The van der Waals surface area contributed by atoms with E-state index in [1.54, 1.807) is 0 Å². The van der Waals surface area contributed by atoms with Crippen molar-refractivity contribution in [2.45, 2.75) is 18.7 Å². The van der Waals surface area contributed by atoms with E-state index in [4.69, 9.17) is 0 Å². The zero-order chi connectivity index (χ0) is 16.9. The molecule has 4 nitrogen and oxygen atoms in total. The second-order valence-corrected chi connectivity index (χ2v) is 7.79. The van der Waals surface area contributed by atoms with Crippen molar-refractivity contribution in [3.05, 3.63) is 71.3 Å². The lowest BCUT2D eigenvalue weighted by Crippen LogP contribution is -2.35. The predicted octanol–water partition coefficient (Wildman–Crippen LogP) is 2.72. The van der Waals surface area contributed by atoms with Crippen LogP contribution < -0.4 is 4.72 Å². The van der Waals surface area contributed by atoms with Gasteiger partial charge in [0.25, 0.3) is 0 Å². The van der Waals surface area contributed by atoms with E-state index in [9.17, 15) is 8.42 Å². The van der Waals surface area contributed by atoms with Crippen molar-refractivity contribution in [3.63, 3.8) is 0 Å². The maximum absolute atomic E-state index is 12.3. The zero-order valence-electron chi connectivity index (χ0n) is 13.9. The third kappa shape index (κ3) is 5.46. The maximum Gasteiger partial charge on any atom is 0.215 e. The zero-order valence-corrected chi connectivity index (χ0v) is 14.7. The second kappa shape index (κ2) is 7.73. The van der Waals surface area contributed by atoms with E-state index in [-0.39, 0.29) is 11.8 Å². The van der Waals surface area contributed by atoms with Crippen LogP contribution in [0.25, 0.3) is 0 Å². The first kappa shape index (κ1) is 17.7. The molecule has 23 heavy (non-hydrogen) atoms. The van der Waals surface area contributed by atoms with Crippen LogP contribution in [0.4, 0.5) is 0 Å². The van der Waals surface area contributed by atoms with Gasteiger partial charge in [0.2, 0.25) is 10.0 Å². The number of aryl methyl sites for hydroxylation is 1. The van der Waals surface area contributed by atoms with Gasteiger partial charge in [0.1, 0.15) is 0 Å². The Kier molecular flexibility index (Phi) is 5.93. The molecule has 0 fully saturated rings. The number of hydrogen-bond acceptors (Lipinski definition) is 3. The Labute approximate surface area is 139 Å². The molecule has 2 rings (SSSR count). The smallest absolute Gasteiger partial charge is 0.215 e. The van der Waals surface area contributed by atoms with Gasteiger partial charge in [-0.3, -0.25) is 0 Å². The van der Waals surface area contributed by atoms with E-state index in [2.05, 4.69) is 4.72 Å². The Morgan fingerprint density at radius 3 is 2.35 bits per heavy atom. The predicted molar refractivity (Wildman–Crippen MR) is 94.7 cm³/mol. The normalized spacial score (nSPS) is 13.2. The summed E-state index contributed by atoms with van der Waals surface area (Å²) in [5.41, 5.74) is 2.96.